The summed E-state index contributed by atoms with van der Waals surface area (Å²) in [4.78, 5) is 16.1. The molecule has 2 aromatic rings. The monoisotopic (exact) mass is 397 g/mol. The molecule has 2 amide bonds. The number of para-hydroxylation sites is 1. The highest BCUT2D eigenvalue weighted by Gasteiger charge is 2.34. The zero-order chi connectivity index (χ0) is 19.6. The summed E-state index contributed by atoms with van der Waals surface area (Å²) >= 11 is 6.06. The van der Waals surface area contributed by atoms with Gasteiger partial charge in [-0.05, 0) is 36.8 Å². The van der Waals surface area contributed by atoms with Gasteiger partial charge in [0.15, 0.2) is 0 Å². The van der Waals surface area contributed by atoms with Crippen LogP contribution >= 0.6 is 11.6 Å². The Morgan fingerprint density at radius 1 is 1.07 bits per heavy atom. The van der Waals surface area contributed by atoms with Crippen molar-refractivity contribution >= 4 is 29.0 Å². The predicted molar refractivity (Wildman–Crippen MR) is 100 cm³/mol. The number of alkyl halides is 3. The number of aryl methyl sites for hydroxylation is 1. The van der Waals surface area contributed by atoms with E-state index < -0.39 is 17.8 Å². The van der Waals surface area contributed by atoms with Gasteiger partial charge in [-0.2, -0.15) is 13.2 Å². The van der Waals surface area contributed by atoms with E-state index in [9.17, 15) is 18.0 Å². The number of carbonyl (C=O) groups excluding carboxylic acids is 1. The minimum absolute atomic E-state index is 0.233. The molecule has 1 heterocycles. The number of benzene rings is 2. The normalized spacial score (nSPS) is 15.0. The van der Waals surface area contributed by atoms with Crippen molar-refractivity contribution in [3.8, 4) is 0 Å². The van der Waals surface area contributed by atoms with Gasteiger partial charge in [-0.25, -0.2) is 4.79 Å². The third-order valence-corrected chi connectivity index (χ3v) is 4.79. The maximum Gasteiger partial charge on any atom is 0.418 e. The minimum atomic E-state index is -4.52. The second-order valence-electron chi connectivity index (χ2n) is 6.38. The van der Waals surface area contributed by atoms with Gasteiger partial charge in [-0.3, -0.25) is 0 Å². The van der Waals surface area contributed by atoms with Crippen molar-refractivity contribution in [1.29, 1.82) is 0 Å². The molecule has 27 heavy (non-hydrogen) atoms. The van der Waals surface area contributed by atoms with Gasteiger partial charge in [0.25, 0.3) is 0 Å². The Kier molecular flexibility index (Phi) is 5.51. The van der Waals surface area contributed by atoms with E-state index >= 15 is 0 Å². The second-order valence-corrected chi connectivity index (χ2v) is 6.81. The SMILES string of the molecule is Cc1ccc(Cl)cc1N1CCN(C(=O)Nc2ccccc2C(F)(F)F)CC1. The lowest BCUT2D eigenvalue weighted by atomic mass is 10.1. The zero-order valence-electron chi connectivity index (χ0n) is 14.7. The van der Waals surface area contributed by atoms with Gasteiger partial charge in [0, 0.05) is 36.9 Å². The number of nitrogens with one attached hydrogen (secondary N) is 1. The third-order valence-electron chi connectivity index (χ3n) is 4.55. The van der Waals surface area contributed by atoms with Crippen LogP contribution in [0.1, 0.15) is 11.1 Å². The summed E-state index contributed by atoms with van der Waals surface area (Å²) in [5.41, 5.74) is 0.996. The smallest absolute Gasteiger partial charge is 0.368 e. The Morgan fingerprint density at radius 2 is 1.74 bits per heavy atom. The largest absolute Gasteiger partial charge is 0.418 e. The first-order valence-electron chi connectivity index (χ1n) is 8.49. The summed E-state index contributed by atoms with van der Waals surface area (Å²) in [6, 6.07) is 10.1. The van der Waals surface area contributed by atoms with Crippen molar-refractivity contribution in [1.82, 2.24) is 4.90 Å². The highest BCUT2D eigenvalue weighted by Crippen LogP contribution is 2.34. The molecule has 0 radical (unpaired) electrons. The Hall–Kier alpha value is -2.41. The van der Waals surface area contributed by atoms with E-state index in [4.69, 9.17) is 11.6 Å². The van der Waals surface area contributed by atoms with Gasteiger partial charge in [-0.15, -0.1) is 0 Å². The van der Waals surface area contributed by atoms with Gasteiger partial charge in [0.1, 0.15) is 0 Å². The van der Waals surface area contributed by atoms with Crippen LogP contribution in [0.25, 0.3) is 0 Å². The van der Waals surface area contributed by atoms with Crippen molar-refractivity contribution in [3.63, 3.8) is 0 Å². The maximum absolute atomic E-state index is 13.1. The lowest BCUT2D eigenvalue weighted by Crippen LogP contribution is -2.50. The number of hydrogen-bond donors (Lipinski definition) is 1. The van der Waals surface area contributed by atoms with Crippen LogP contribution < -0.4 is 10.2 Å². The predicted octanol–water partition coefficient (Wildman–Crippen LogP) is 5.02. The molecule has 144 valence electrons. The molecule has 1 fully saturated rings. The van der Waals surface area contributed by atoms with E-state index in [2.05, 4.69) is 10.2 Å². The number of urea groups is 1. The summed E-state index contributed by atoms with van der Waals surface area (Å²) in [7, 11) is 0. The molecule has 1 N–H and O–H groups in total. The molecular weight excluding hydrogens is 379 g/mol. The molecule has 0 unspecified atom stereocenters. The van der Waals surface area contributed by atoms with Crippen LogP contribution in [0.5, 0.6) is 0 Å². The van der Waals surface area contributed by atoms with Gasteiger partial charge >= 0.3 is 12.2 Å². The fourth-order valence-corrected chi connectivity index (χ4v) is 3.27. The Bertz CT molecular complexity index is 833. The molecule has 0 spiro atoms. The summed E-state index contributed by atoms with van der Waals surface area (Å²) in [5, 5.41) is 3.03. The number of piperazine rings is 1. The summed E-state index contributed by atoms with van der Waals surface area (Å²) in [6.07, 6.45) is -4.52. The maximum atomic E-state index is 13.1. The molecule has 1 aliphatic rings. The average molecular weight is 398 g/mol. The van der Waals surface area contributed by atoms with E-state index in [0.717, 1.165) is 17.3 Å². The van der Waals surface area contributed by atoms with Crippen molar-refractivity contribution in [3.05, 3.63) is 58.6 Å². The van der Waals surface area contributed by atoms with Crippen LogP contribution in [0.3, 0.4) is 0 Å². The molecule has 0 bridgehead atoms. The molecule has 0 aromatic heterocycles. The van der Waals surface area contributed by atoms with Crippen LogP contribution in [0.4, 0.5) is 29.3 Å². The fourth-order valence-electron chi connectivity index (χ4n) is 3.11. The van der Waals surface area contributed by atoms with Crippen LogP contribution in [0.2, 0.25) is 5.02 Å². The molecule has 8 heteroatoms. The quantitative estimate of drug-likeness (QED) is 0.772. The lowest BCUT2D eigenvalue weighted by molar-refractivity contribution is -0.136. The Balaban J connectivity index is 1.65. The number of nitrogens with zero attached hydrogens (tertiary/aromatic N) is 2. The summed E-state index contributed by atoms with van der Waals surface area (Å²) in [6.45, 7) is 3.96. The standard InChI is InChI=1S/C19H19ClF3N3O/c1-13-6-7-14(20)12-17(13)25-8-10-26(11-9-25)18(27)24-16-5-3-2-4-15(16)19(21,22)23/h2-7,12H,8-11H2,1H3,(H,24,27). The second kappa shape index (κ2) is 7.68. The van der Waals surface area contributed by atoms with Crippen molar-refractivity contribution in [2.75, 3.05) is 36.4 Å². The molecule has 0 aliphatic carbocycles. The van der Waals surface area contributed by atoms with Gasteiger partial charge in [0.05, 0.1) is 11.3 Å². The lowest BCUT2D eigenvalue weighted by Gasteiger charge is -2.37. The van der Waals surface area contributed by atoms with Gasteiger partial charge < -0.3 is 15.1 Å². The van der Waals surface area contributed by atoms with Crippen molar-refractivity contribution in [2.45, 2.75) is 13.1 Å². The van der Waals surface area contributed by atoms with E-state index in [0.29, 0.717) is 31.2 Å². The molecule has 0 atom stereocenters. The molecule has 2 aromatic carbocycles. The fraction of sp³-hybridized carbons (Fsp3) is 0.316. The number of amides is 2. The van der Waals surface area contributed by atoms with E-state index in [1.807, 2.05) is 25.1 Å². The topological polar surface area (TPSA) is 35.6 Å². The molecule has 3 rings (SSSR count). The van der Waals surface area contributed by atoms with Crippen LogP contribution in [0.15, 0.2) is 42.5 Å². The number of anilines is 2. The molecular formula is C19H19ClF3N3O. The number of halogens is 4. The van der Waals surface area contributed by atoms with Crippen molar-refractivity contribution < 1.29 is 18.0 Å². The first-order chi connectivity index (χ1) is 12.8. The van der Waals surface area contributed by atoms with Crippen molar-refractivity contribution in [2.24, 2.45) is 0 Å². The number of carbonyl (C=O) groups is 1. The van der Waals surface area contributed by atoms with E-state index in [1.54, 1.807) is 0 Å². The third kappa shape index (κ3) is 4.47. The number of rotatable bonds is 2. The van der Waals surface area contributed by atoms with Gasteiger partial charge in [-0.1, -0.05) is 29.8 Å². The molecule has 0 saturated carbocycles. The molecule has 4 nitrogen and oxygen atoms in total. The summed E-state index contributed by atoms with van der Waals surface area (Å²) < 4.78 is 39.2. The number of hydrogen-bond acceptors (Lipinski definition) is 2. The Morgan fingerprint density at radius 3 is 2.41 bits per heavy atom. The van der Waals surface area contributed by atoms with Gasteiger partial charge in [0.2, 0.25) is 0 Å². The van der Waals surface area contributed by atoms with Crippen LogP contribution in [0, 0.1) is 6.92 Å². The first-order valence-corrected chi connectivity index (χ1v) is 8.87. The zero-order valence-corrected chi connectivity index (χ0v) is 15.4. The van der Waals surface area contributed by atoms with E-state index in [1.165, 1.54) is 23.1 Å². The highest BCUT2D eigenvalue weighted by molar-refractivity contribution is 6.30. The van der Waals surface area contributed by atoms with E-state index in [-0.39, 0.29) is 5.69 Å². The summed E-state index contributed by atoms with van der Waals surface area (Å²) in [5.74, 6) is 0. The molecule has 1 aliphatic heterocycles. The van der Waals surface area contributed by atoms with Crippen LogP contribution in [-0.2, 0) is 6.18 Å². The van der Waals surface area contributed by atoms with Crippen LogP contribution in [-0.4, -0.2) is 37.1 Å². The minimum Gasteiger partial charge on any atom is -0.368 e. The average Bonchev–Trinajstić information content (AvgIpc) is 2.63. The Labute approximate surface area is 160 Å². The first kappa shape index (κ1) is 19.4. The molecule has 1 saturated heterocycles. The highest BCUT2D eigenvalue weighted by atomic mass is 35.5.